The van der Waals surface area contributed by atoms with Crippen molar-refractivity contribution in [1.29, 1.82) is 0 Å². The number of aliphatic hydroxyl groups is 1. The molecule has 2 atom stereocenters. The van der Waals surface area contributed by atoms with Crippen molar-refractivity contribution in [3.05, 3.63) is 70.2 Å². The number of carboxylic acids is 1. The number of carboxylic acid groups (broad SMARTS) is 1. The van der Waals surface area contributed by atoms with Crippen molar-refractivity contribution in [2.45, 2.75) is 38.0 Å². The Hall–Kier alpha value is -2.37. The molecule has 150 valence electrons. The topological polar surface area (TPSA) is 86.6 Å². The summed E-state index contributed by atoms with van der Waals surface area (Å²) in [5, 5.41) is 22.0. The van der Waals surface area contributed by atoms with Crippen LogP contribution in [-0.4, -0.2) is 35.2 Å². The van der Waals surface area contributed by atoms with Gasteiger partial charge >= 0.3 is 5.97 Å². The highest BCUT2D eigenvalue weighted by molar-refractivity contribution is 6.30. The second kappa shape index (κ2) is 10.8. The summed E-state index contributed by atoms with van der Waals surface area (Å²) >= 11 is 5.98. The van der Waals surface area contributed by atoms with Gasteiger partial charge in [0.15, 0.2) is 0 Å². The lowest BCUT2D eigenvalue weighted by Crippen LogP contribution is -2.26. The Morgan fingerprint density at radius 2 is 1.57 bits per heavy atom. The molecule has 0 saturated heterocycles. The minimum Gasteiger partial charge on any atom is -0.481 e. The second-order valence-electron chi connectivity index (χ2n) is 6.76. The summed E-state index contributed by atoms with van der Waals surface area (Å²) in [6.07, 6.45) is 1.76. The number of amides is 1. The molecule has 0 aliphatic heterocycles. The van der Waals surface area contributed by atoms with Gasteiger partial charge in [-0.3, -0.25) is 9.59 Å². The van der Waals surface area contributed by atoms with Crippen molar-refractivity contribution in [2.75, 3.05) is 13.2 Å². The Bertz CT molecular complexity index is 774. The predicted octanol–water partition coefficient (Wildman–Crippen LogP) is 4.20. The zero-order chi connectivity index (χ0) is 20.5. The van der Waals surface area contributed by atoms with Crippen molar-refractivity contribution in [2.24, 2.45) is 0 Å². The minimum absolute atomic E-state index is 0.0176. The fourth-order valence-electron chi connectivity index (χ4n) is 3.35. The first-order valence-electron chi connectivity index (χ1n) is 9.42. The monoisotopic (exact) mass is 403 g/mol. The maximum atomic E-state index is 12.1. The summed E-state index contributed by atoms with van der Waals surface area (Å²) in [6.45, 7) is 2.22. The van der Waals surface area contributed by atoms with Gasteiger partial charge in [0.25, 0.3) is 5.91 Å². The average molecular weight is 404 g/mol. The highest BCUT2D eigenvalue weighted by Crippen LogP contribution is 2.36. The lowest BCUT2D eigenvalue weighted by molar-refractivity contribution is -0.136. The Morgan fingerprint density at radius 3 is 2.11 bits per heavy atom. The molecule has 0 spiro atoms. The highest BCUT2D eigenvalue weighted by atomic mass is 35.5. The third-order valence-corrected chi connectivity index (χ3v) is 5.06. The van der Waals surface area contributed by atoms with Crippen molar-refractivity contribution in [1.82, 2.24) is 5.32 Å². The summed E-state index contributed by atoms with van der Waals surface area (Å²) in [6, 6.07) is 14.8. The van der Waals surface area contributed by atoms with Crippen LogP contribution in [0, 0.1) is 0 Å². The van der Waals surface area contributed by atoms with Crippen LogP contribution >= 0.6 is 11.6 Å². The van der Waals surface area contributed by atoms with E-state index >= 15 is 0 Å². The molecule has 0 aliphatic carbocycles. The van der Waals surface area contributed by atoms with Crippen LogP contribution in [0.1, 0.15) is 59.5 Å². The van der Waals surface area contributed by atoms with Crippen molar-refractivity contribution in [3.63, 3.8) is 0 Å². The maximum Gasteiger partial charge on any atom is 0.305 e. The largest absolute Gasteiger partial charge is 0.481 e. The molecule has 1 amide bonds. The normalized spacial score (nSPS) is 13.0. The molecule has 0 fully saturated rings. The van der Waals surface area contributed by atoms with Gasteiger partial charge in [0, 0.05) is 23.0 Å². The first kappa shape index (κ1) is 21.9. The Morgan fingerprint density at radius 1 is 1.00 bits per heavy atom. The highest BCUT2D eigenvalue weighted by Gasteiger charge is 2.24. The summed E-state index contributed by atoms with van der Waals surface area (Å²) in [4.78, 5) is 22.7. The number of hydrogen-bond donors (Lipinski definition) is 3. The van der Waals surface area contributed by atoms with E-state index in [9.17, 15) is 14.7 Å². The van der Waals surface area contributed by atoms with Crippen LogP contribution in [0.3, 0.4) is 0 Å². The molecule has 3 N–H and O–H groups in total. The van der Waals surface area contributed by atoms with Gasteiger partial charge in [0.1, 0.15) is 0 Å². The van der Waals surface area contributed by atoms with Gasteiger partial charge < -0.3 is 15.5 Å². The molecule has 28 heavy (non-hydrogen) atoms. The molecular weight excluding hydrogens is 378 g/mol. The number of hydrogen-bond acceptors (Lipinski definition) is 3. The molecule has 5 nitrogen and oxygen atoms in total. The molecule has 0 aliphatic rings. The predicted molar refractivity (Wildman–Crippen MR) is 110 cm³/mol. The number of halogens is 1. The summed E-state index contributed by atoms with van der Waals surface area (Å²) in [5.74, 6) is -1.20. The van der Waals surface area contributed by atoms with Gasteiger partial charge in [-0.25, -0.2) is 0 Å². The van der Waals surface area contributed by atoms with Gasteiger partial charge in [-0.15, -0.1) is 0 Å². The second-order valence-corrected chi connectivity index (χ2v) is 7.19. The van der Waals surface area contributed by atoms with E-state index in [0.717, 1.165) is 24.0 Å². The summed E-state index contributed by atoms with van der Waals surface area (Å²) in [5.41, 5.74) is 2.57. The van der Waals surface area contributed by atoms with Crippen LogP contribution in [0.4, 0.5) is 0 Å². The van der Waals surface area contributed by atoms with Crippen LogP contribution in [0.15, 0.2) is 48.5 Å². The summed E-state index contributed by atoms with van der Waals surface area (Å²) < 4.78 is 0. The number of benzene rings is 2. The van der Waals surface area contributed by atoms with Crippen LogP contribution in [0.25, 0.3) is 0 Å². The number of nitrogens with one attached hydrogen (secondary N) is 1. The van der Waals surface area contributed by atoms with E-state index in [0.29, 0.717) is 10.6 Å². The third-order valence-electron chi connectivity index (χ3n) is 4.81. The average Bonchev–Trinajstić information content (AvgIpc) is 2.69. The zero-order valence-electron chi connectivity index (χ0n) is 15.9. The van der Waals surface area contributed by atoms with Gasteiger partial charge in [0.2, 0.25) is 0 Å². The van der Waals surface area contributed by atoms with E-state index in [1.807, 2.05) is 36.4 Å². The standard InChI is InChI=1S/C22H26ClNO4/c1-2-3-19(20(14-25)16-8-10-18(23)11-9-16)15-4-6-17(7-5-15)22(28)24-13-12-21(26)27/h4-11,19-20,25H,2-3,12-14H2,1H3,(H,24,28)(H,26,27). The molecule has 6 heteroatoms. The Labute approximate surface area is 170 Å². The number of aliphatic carboxylic acids is 1. The smallest absolute Gasteiger partial charge is 0.305 e. The molecule has 2 unspecified atom stereocenters. The molecule has 0 bridgehead atoms. The first-order valence-corrected chi connectivity index (χ1v) is 9.80. The van der Waals surface area contributed by atoms with E-state index in [4.69, 9.17) is 16.7 Å². The van der Waals surface area contributed by atoms with E-state index in [1.165, 1.54) is 0 Å². The quantitative estimate of drug-likeness (QED) is 0.554. The summed E-state index contributed by atoms with van der Waals surface area (Å²) in [7, 11) is 0. The van der Waals surface area contributed by atoms with E-state index in [1.54, 1.807) is 12.1 Å². The molecule has 0 radical (unpaired) electrons. The molecule has 2 aromatic rings. The Kier molecular flexibility index (Phi) is 8.48. The molecule has 0 saturated carbocycles. The van der Waals surface area contributed by atoms with Gasteiger partial charge in [-0.05, 0) is 47.7 Å². The van der Waals surface area contributed by atoms with Gasteiger partial charge in [-0.1, -0.05) is 49.2 Å². The molecule has 2 rings (SSSR count). The van der Waals surface area contributed by atoms with Crippen molar-refractivity contribution >= 4 is 23.5 Å². The van der Waals surface area contributed by atoms with Gasteiger partial charge in [-0.2, -0.15) is 0 Å². The zero-order valence-corrected chi connectivity index (χ0v) is 16.7. The van der Waals surface area contributed by atoms with E-state index < -0.39 is 5.97 Å². The lowest BCUT2D eigenvalue weighted by Gasteiger charge is -2.26. The minimum atomic E-state index is -0.949. The first-order chi connectivity index (χ1) is 13.5. The maximum absolute atomic E-state index is 12.1. The lowest BCUT2D eigenvalue weighted by atomic mass is 9.79. The van der Waals surface area contributed by atoms with Crippen molar-refractivity contribution < 1.29 is 19.8 Å². The molecule has 0 aromatic heterocycles. The van der Waals surface area contributed by atoms with E-state index in [-0.39, 0.29) is 37.3 Å². The van der Waals surface area contributed by atoms with Gasteiger partial charge in [0.05, 0.1) is 13.0 Å². The number of carbonyl (C=O) groups is 2. The SMILES string of the molecule is CCCC(c1ccc(C(=O)NCCC(=O)O)cc1)C(CO)c1ccc(Cl)cc1. The van der Waals surface area contributed by atoms with Crippen molar-refractivity contribution in [3.8, 4) is 0 Å². The van der Waals surface area contributed by atoms with Crippen LogP contribution in [-0.2, 0) is 4.79 Å². The number of carbonyl (C=O) groups excluding carboxylic acids is 1. The van der Waals surface area contributed by atoms with E-state index in [2.05, 4.69) is 12.2 Å². The number of rotatable bonds is 10. The number of aliphatic hydroxyl groups excluding tert-OH is 1. The van der Waals surface area contributed by atoms with Crippen LogP contribution in [0.5, 0.6) is 0 Å². The fourth-order valence-corrected chi connectivity index (χ4v) is 3.48. The van der Waals surface area contributed by atoms with Crippen LogP contribution < -0.4 is 5.32 Å². The third kappa shape index (κ3) is 6.08. The fraction of sp³-hybridized carbons (Fsp3) is 0.364. The molecular formula is C22H26ClNO4. The molecule has 0 heterocycles. The van der Waals surface area contributed by atoms with Crippen LogP contribution in [0.2, 0.25) is 5.02 Å². The Balaban J connectivity index is 2.17. The molecule has 2 aromatic carbocycles.